The molecule has 0 aliphatic carbocycles. The monoisotopic (exact) mass is 319 g/mol. The predicted molar refractivity (Wildman–Crippen MR) is 85.6 cm³/mol. The second kappa shape index (κ2) is 7.17. The Morgan fingerprint density at radius 3 is 2.78 bits per heavy atom. The number of carbonyl (C=O) groups excluding carboxylic acids is 2. The third-order valence-electron chi connectivity index (χ3n) is 4.95. The Kier molecular flexibility index (Phi) is 5.00. The zero-order valence-electron chi connectivity index (χ0n) is 13.7. The number of hydrogen-bond donors (Lipinski definition) is 1. The van der Waals surface area contributed by atoms with Crippen LogP contribution in [0.2, 0.25) is 0 Å². The summed E-state index contributed by atoms with van der Waals surface area (Å²) < 4.78 is 5.22. The largest absolute Gasteiger partial charge is 0.467 e. The molecule has 2 aliphatic heterocycles. The van der Waals surface area contributed by atoms with Crippen molar-refractivity contribution in [3.63, 3.8) is 0 Å². The van der Waals surface area contributed by atoms with Crippen molar-refractivity contribution in [2.24, 2.45) is 0 Å². The van der Waals surface area contributed by atoms with E-state index in [-0.39, 0.29) is 17.9 Å². The molecule has 2 amide bonds. The van der Waals surface area contributed by atoms with E-state index in [0.717, 1.165) is 44.5 Å². The van der Waals surface area contributed by atoms with Crippen LogP contribution in [-0.4, -0.2) is 53.3 Å². The van der Waals surface area contributed by atoms with Gasteiger partial charge >= 0.3 is 0 Å². The standard InChI is InChI=1S/C17H25N3O3/c1-13(21)20-9-3-7-16(20)15-6-2-8-19(15)12-17(22)18-11-14-5-4-10-23-14/h4-5,10,15-16H,2-3,6-9,11-12H2,1H3,(H,18,22)/t15-,16-/m0/s1. The maximum absolute atomic E-state index is 12.2. The smallest absolute Gasteiger partial charge is 0.234 e. The summed E-state index contributed by atoms with van der Waals surface area (Å²) in [6, 6.07) is 4.25. The highest BCUT2D eigenvalue weighted by atomic mass is 16.3. The van der Waals surface area contributed by atoms with Crippen molar-refractivity contribution in [2.45, 2.75) is 51.2 Å². The van der Waals surface area contributed by atoms with Gasteiger partial charge in [-0.2, -0.15) is 0 Å². The summed E-state index contributed by atoms with van der Waals surface area (Å²) in [5.74, 6) is 0.928. The van der Waals surface area contributed by atoms with Gasteiger partial charge in [0, 0.05) is 25.6 Å². The van der Waals surface area contributed by atoms with Crippen molar-refractivity contribution >= 4 is 11.8 Å². The first-order valence-electron chi connectivity index (χ1n) is 8.45. The highest BCUT2D eigenvalue weighted by Crippen LogP contribution is 2.29. The number of carbonyl (C=O) groups is 2. The minimum absolute atomic E-state index is 0.0145. The van der Waals surface area contributed by atoms with E-state index in [1.807, 2.05) is 17.0 Å². The zero-order valence-corrected chi connectivity index (χ0v) is 13.7. The van der Waals surface area contributed by atoms with E-state index < -0.39 is 0 Å². The molecule has 0 radical (unpaired) electrons. The van der Waals surface area contributed by atoms with Crippen molar-refractivity contribution in [3.8, 4) is 0 Å². The Balaban J connectivity index is 1.54. The Hall–Kier alpha value is -1.82. The van der Waals surface area contributed by atoms with E-state index in [1.165, 1.54) is 0 Å². The van der Waals surface area contributed by atoms with Crippen LogP contribution in [0.5, 0.6) is 0 Å². The van der Waals surface area contributed by atoms with Crippen LogP contribution in [0, 0.1) is 0 Å². The van der Waals surface area contributed by atoms with Crippen molar-refractivity contribution in [1.82, 2.24) is 15.1 Å². The normalized spacial score (nSPS) is 25.0. The molecule has 0 aromatic carbocycles. The Labute approximate surface area is 136 Å². The lowest BCUT2D eigenvalue weighted by Crippen LogP contribution is -2.50. The number of furan rings is 1. The van der Waals surface area contributed by atoms with E-state index in [2.05, 4.69) is 10.2 Å². The molecule has 0 bridgehead atoms. The molecule has 3 heterocycles. The Morgan fingerprint density at radius 2 is 2.04 bits per heavy atom. The lowest BCUT2D eigenvalue weighted by molar-refractivity contribution is -0.130. The number of amides is 2. The van der Waals surface area contributed by atoms with Gasteiger partial charge in [-0.3, -0.25) is 14.5 Å². The molecule has 0 saturated carbocycles. The van der Waals surface area contributed by atoms with Gasteiger partial charge in [-0.15, -0.1) is 0 Å². The molecule has 2 fully saturated rings. The number of nitrogens with zero attached hydrogens (tertiary/aromatic N) is 2. The summed E-state index contributed by atoms with van der Waals surface area (Å²) in [6.07, 6.45) is 5.89. The third-order valence-corrected chi connectivity index (χ3v) is 4.95. The van der Waals surface area contributed by atoms with Gasteiger partial charge < -0.3 is 14.6 Å². The molecular weight excluding hydrogens is 294 g/mol. The summed E-state index contributed by atoms with van der Waals surface area (Å²) in [7, 11) is 0. The highest BCUT2D eigenvalue weighted by molar-refractivity contribution is 5.78. The van der Waals surface area contributed by atoms with Crippen LogP contribution in [0.3, 0.4) is 0 Å². The molecule has 2 atom stereocenters. The van der Waals surface area contributed by atoms with Gasteiger partial charge in [0.25, 0.3) is 0 Å². The van der Waals surface area contributed by atoms with Crippen molar-refractivity contribution in [3.05, 3.63) is 24.2 Å². The van der Waals surface area contributed by atoms with E-state index >= 15 is 0 Å². The van der Waals surface area contributed by atoms with Crippen LogP contribution in [0.1, 0.15) is 38.4 Å². The summed E-state index contributed by atoms with van der Waals surface area (Å²) in [5, 5.41) is 2.90. The molecule has 2 aliphatic rings. The van der Waals surface area contributed by atoms with Crippen molar-refractivity contribution in [1.29, 1.82) is 0 Å². The van der Waals surface area contributed by atoms with Gasteiger partial charge in [0.15, 0.2) is 0 Å². The Bertz CT molecular complexity index is 543. The van der Waals surface area contributed by atoms with Crippen molar-refractivity contribution in [2.75, 3.05) is 19.6 Å². The first-order chi connectivity index (χ1) is 11.1. The fraction of sp³-hybridized carbons (Fsp3) is 0.647. The summed E-state index contributed by atoms with van der Waals surface area (Å²) in [4.78, 5) is 28.2. The van der Waals surface area contributed by atoms with Gasteiger partial charge in [0.05, 0.1) is 19.4 Å². The molecule has 23 heavy (non-hydrogen) atoms. The van der Waals surface area contributed by atoms with Gasteiger partial charge in [-0.05, 0) is 44.4 Å². The second-order valence-corrected chi connectivity index (χ2v) is 6.46. The minimum atomic E-state index is 0.0145. The number of nitrogens with one attached hydrogen (secondary N) is 1. The summed E-state index contributed by atoms with van der Waals surface area (Å²) in [5.41, 5.74) is 0. The van der Waals surface area contributed by atoms with Crippen LogP contribution in [-0.2, 0) is 16.1 Å². The average Bonchev–Trinajstić information content (AvgIpc) is 3.25. The maximum atomic E-state index is 12.2. The van der Waals surface area contributed by atoms with E-state index in [4.69, 9.17) is 4.42 Å². The molecule has 1 aromatic rings. The van der Waals surface area contributed by atoms with Crippen LogP contribution in [0.15, 0.2) is 22.8 Å². The van der Waals surface area contributed by atoms with Crippen LogP contribution < -0.4 is 5.32 Å². The average molecular weight is 319 g/mol. The molecule has 0 spiro atoms. The quantitative estimate of drug-likeness (QED) is 0.890. The first kappa shape index (κ1) is 16.1. The second-order valence-electron chi connectivity index (χ2n) is 6.46. The van der Waals surface area contributed by atoms with Crippen molar-refractivity contribution < 1.29 is 14.0 Å². The van der Waals surface area contributed by atoms with Gasteiger partial charge in [0.1, 0.15) is 5.76 Å². The molecule has 2 saturated heterocycles. The Morgan fingerprint density at radius 1 is 1.26 bits per heavy atom. The molecule has 3 rings (SSSR count). The number of rotatable bonds is 5. The molecule has 0 unspecified atom stereocenters. The molecular formula is C17H25N3O3. The van der Waals surface area contributed by atoms with E-state index in [0.29, 0.717) is 19.1 Å². The van der Waals surface area contributed by atoms with Gasteiger partial charge in [-0.1, -0.05) is 0 Å². The highest BCUT2D eigenvalue weighted by Gasteiger charge is 2.39. The van der Waals surface area contributed by atoms with E-state index in [9.17, 15) is 9.59 Å². The molecule has 126 valence electrons. The zero-order chi connectivity index (χ0) is 16.2. The fourth-order valence-electron chi connectivity index (χ4n) is 3.91. The minimum Gasteiger partial charge on any atom is -0.467 e. The van der Waals surface area contributed by atoms with Gasteiger partial charge in [-0.25, -0.2) is 0 Å². The lowest BCUT2D eigenvalue weighted by Gasteiger charge is -2.34. The lowest BCUT2D eigenvalue weighted by atomic mass is 10.0. The predicted octanol–water partition coefficient (Wildman–Crippen LogP) is 1.37. The first-order valence-corrected chi connectivity index (χ1v) is 8.45. The maximum Gasteiger partial charge on any atom is 0.234 e. The van der Waals surface area contributed by atoms with Gasteiger partial charge in [0.2, 0.25) is 11.8 Å². The molecule has 1 aromatic heterocycles. The SMILES string of the molecule is CC(=O)N1CCC[C@H]1[C@@H]1CCCN1CC(=O)NCc1ccco1. The molecule has 6 heteroatoms. The van der Waals surface area contributed by atoms with Crippen LogP contribution in [0.25, 0.3) is 0 Å². The van der Waals surface area contributed by atoms with Crippen LogP contribution >= 0.6 is 0 Å². The third kappa shape index (κ3) is 3.75. The molecule has 6 nitrogen and oxygen atoms in total. The fourth-order valence-corrected chi connectivity index (χ4v) is 3.91. The van der Waals surface area contributed by atoms with E-state index in [1.54, 1.807) is 13.2 Å². The van der Waals surface area contributed by atoms with Crippen LogP contribution in [0.4, 0.5) is 0 Å². The number of likely N-dealkylation sites (tertiary alicyclic amines) is 2. The summed E-state index contributed by atoms with van der Waals surface area (Å²) >= 11 is 0. The topological polar surface area (TPSA) is 65.8 Å². The summed E-state index contributed by atoms with van der Waals surface area (Å²) in [6.45, 7) is 4.25. The number of hydrogen-bond acceptors (Lipinski definition) is 4. The molecule has 1 N–H and O–H groups in total.